The monoisotopic (exact) mass is 639 g/mol. The van der Waals surface area contributed by atoms with E-state index >= 15 is 0 Å². The highest BCUT2D eigenvalue weighted by Gasteiger charge is 2.35. The van der Waals surface area contributed by atoms with Gasteiger partial charge in [0.25, 0.3) is 10.0 Å². The molecule has 1 fully saturated rings. The summed E-state index contributed by atoms with van der Waals surface area (Å²) in [6.45, 7) is 3.00. The Kier molecular flexibility index (Phi) is 11.4. The summed E-state index contributed by atoms with van der Waals surface area (Å²) in [5.41, 5.74) is 1.57. The van der Waals surface area contributed by atoms with Crippen LogP contribution in [0.3, 0.4) is 0 Å². The third kappa shape index (κ3) is 8.33. The molecule has 0 aliphatic heterocycles. The highest BCUT2D eigenvalue weighted by molar-refractivity contribution is 7.92. The lowest BCUT2D eigenvalue weighted by Crippen LogP contribution is -2.54. The second-order valence-corrected chi connectivity index (χ2v) is 13.1. The lowest BCUT2D eigenvalue weighted by atomic mass is 9.95. The van der Waals surface area contributed by atoms with Crippen LogP contribution in [0.15, 0.2) is 71.6 Å². The van der Waals surface area contributed by atoms with Gasteiger partial charge in [0.15, 0.2) is 0 Å². The Morgan fingerprint density at radius 3 is 2.22 bits per heavy atom. The van der Waals surface area contributed by atoms with E-state index in [0.29, 0.717) is 17.7 Å². The van der Waals surface area contributed by atoms with Crippen molar-refractivity contribution in [2.45, 2.75) is 75.9 Å². The van der Waals surface area contributed by atoms with Gasteiger partial charge < -0.3 is 19.7 Å². The van der Waals surface area contributed by atoms with E-state index in [1.165, 1.54) is 49.5 Å². The number of sulfonamides is 1. The Hall–Kier alpha value is -4.12. The third-order valence-corrected chi connectivity index (χ3v) is 9.92. The van der Waals surface area contributed by atoms with E-state index in [1.807, 2.05) is 13.8 Å². The fourth-order valence-corrected chi connectivity index (χ4v) is 7.01. The molecule has 45 heavy (non-hydrogen) atoms. The predicted molar refractivity (Wildman–Crippen MR) is 171 cm³/mol. The first-order valence-corrected chi connectivity index (χ1v) is 16.7. The minimum Gasteiger partial charge on any atom is -0.497 e. The Labute approximate surface area is 265 Å². The summed E-state index contributed by atoms with van der Waals surface area (Å²) in [6.07, 6.45) is 5.19. The van der Waals surface area contributed by atoms with Gasteiger partial charge >= 0.3 is 0 Å². The SMILES string of the molecule is CC[C@H](C(=O)NC1CCCCC1)N(Cc1ccc(F)cc1)C(=O)CN(c1cc(OC)ccc1OC)S(=O)(=O)c1ccc(C)cc1. The summed E-state index contributed by atoms with van der Waals surface area (Å²) < 4.78 is 54.1. The van der Waals surface area contributed by atoms with Gasteiger partial charge in [-0.05, 0) is 68.1 Å². The molecule has 1 aliphatic carbocycles. The molecule has 3 aromatic rings. The molecule has 0 unspecified atom stereocenters. The average Bonchev–Trinajstić information content (AvgIpc) is 3.04. The van der Waals surface area contributed by atoms with Crippen molar-refractivity contribution < 1.29 is 31.9 Å². The van der Waals surface area contributed by atoms with E-state index in [0.717, 1.165) is 42.0 Å². The standard InChI is InChI=1S/C34H42FN3O6S/c1-5-30(34(40)36-27-9-7-6-8-10-27)37(22-25-13-15-26(35)16-14-25)33(39)23-38(31-21-28(43-3)17-20-32(31)44-4)45(41,42)29-18-11-24(2)12-19-29/h11-21,27,30H,5-10,22-23H2,1-4H3,(H,36,40)/t30-/m1/s1. The average molecular weight is 640 g/mol. The molecular formula is C34H42FN3O6S. The van der Waals surface area contributed by atoms with Crippen LogP contribution in [0.2, 0.25) is 0 Å². The van der Waals surface area contributed by atoms with Gasteiger partial charge in [-0.3, -0.25) is 13.9 Å². The lowest BCUT2D eigenvalue weighted by Gasteiger charge is -2.34. The molecule has 242 valence electrons. The van der Waals surface area contributed by atoms with Crippen molar-refractivity contribution in [1.29, 1.82) is 0 Å². The maximum Gasteiger partial charge on any atom is 0.264 e. The molecule has 4 rings (SSSR count). The zero-order valence-electron chi connectivity index (χ0n) is 26.3. The number of nitrogens with one attached hydrogen (secondary N) is 1. The molecular weight excluding hydrogens is 597 g/mol. The molecule has 1 N–H and O–H groups in total. The minimum absolute atomic E-state index is 0.0158. The predicted octanol–water partition coefficient (Wildman–Crippen LogP) is 5.60. The molecule has 1 aliphatic rings. The summed E-state index contributed by atoms with van der Waals surface area (Å²) in [4.78, 5) is 29.4. The maximum atomic E-state index is 14.4. The van der Waals surface area contributed by atoms with Crippen LogP contribution in [0.4, 0.5) is 10.1 Å². The first-order valence-electron chi connectivity index (χ1n) is 15.2. The Morgan fingerprint density at radius 1 is 0.956 bits per heavy atom. The van der Waals surface area contributed by atoms with Gasteiger partial charge in [0.1, 0.15) is 29.9 Å². The number of rotatable bonds is 13. The molecule has 0 spiro atoms. The van der Waals surface area contributed by atoms with Crippen LogP contribution in [-0.4, -0.2) is 58.0 Å². The number of benzene rings is 3. The molecule has 0 aromatic heterocycles. The molecule has 2 amide bonds. The number of hydrogen-bond donors (Lipinski definition) is 1. The fourth-order valence-electron chi connectivity index (χ4n) is 5.59. The molecule has 0 saturated heterocycles. The molecule has 1 atom stereocenters. The number of aryl methyl sites for hydroxylation is 1. The number of ether oxygens (including phenoxy) is 2. The van der Waals surface area contributed by atoms with Gasteiger partial charge in [-0.15, -0.1) is 0 Å². The topological polar surface area (TPSA) is 105 Å². The number of carbonyl (C=O) groups is 2. The minimum atomic E-state index is -4.31. The summed E-state index contributed by atoms with van der Waals surface area (Å²) in [6, 6.07) is 15.8. The van der Waals surface area contributed by atoms with Gasteiger partial charge in [0, 0.05) is 18.7 Å². The van der Waals surface area contributed by atoms with Gasteiger partial charge in [0.05, 0.1) is 24.8 Å². The number of hydrogen-bond acceptors (Lipinski definition) is 6. The fraction of sp³-hybridized carbons (Fsp3) is 0.412. The quantitative estimate of drug-likeness (QED) is 0.261. The summed E-state index contributed by atoms with van der Waals surface area (Å²) >= 11 is 0. The summed E-state index contributed by atoms with van der Waals surface area (Å²) in [5.74, 6) is -0.758. The zero-order valence-corrected chi connectivity index (χ0v) is 27.1. The molecule has 11 heteroatoms. The van der Waals surface area contributed by atoms with Gasteiger partial charge in [-0.2, -0.15) is 0 Å². The van der Waals surface area contributed by atoms with E-state index in [-0.39, 0.29) is 34.8 Å². The van der Waals surface area contributed by atoms with Crippen LogP contribution in [-0.2, 0) is 26.2 Å². The van der Waals surface area contributed by atoms with Crippen LogP contribution in [0, 0.1) is 12.7 Å². The number of carbonyl (C=O) groups excluding carboxylic acids is 2. The number of nitrogens with zero attached hydrogens (tertiary/aromatic N) is 2. The number of methoxy groups -OCH3 is 2. The van der Waals surface area contributed by atoms with E-state index in [2.05, 4.69) is 5.32 Å². The molecule has 0 heterocycles. The van der Waals surface area contributed by atoms with Crippen molar-refractivity contribution in [1.82, 2.24) is 10.2 Å². The maximum absolute atomic E-state index is 14.4. The first kappa shape index (κ1) is 33.8. The van der Waals surface area contributed by atoms with Crippen molar-refractivity contribution in [2.75, 3.05) is 25.1 Å². The highest BCUT2D eigenvalue weighted by atomic mass is 32.2. The van der Waals surface area contributed by atoms with E-state index < -0.39 is 34.3 Å². The van der Waals surface area contributed by atoms with E-state index in [1.54, 1.807) is 36.4 Å². The third-order valence-electron chi connectivity index (χ3n) is 8.15. The highest BCUT2D eigenvalue weighted by Crippen LogP contribution is 2.36. The molecule has 9 nitrogen and oxygen atoms in total. The van der Waals surface area contributed by atoms with Crippen molar-refractivity contribution in [3.05, 3.63) is 83.7 Å². The van der Waals surface area contributed by atoms with Gasteiger partial charge in [-0.25, -0.2) is 12.8 Å². The molecule has 3 aromatic carbocycles. The first-order chi connectivity index (χ1) is 21.6. The Bertz CT molecular complexity index is 1560. The van der Waals surface area contributed by atoms with Crippen LogP contribution < -0.4 is 19.1 Å². The molecule has 0 bridgehead atoms. The van der Waals surface area contributed by atoms with Crippen LogP contribution in [0.1, 0.15) is 56.6 Å². The van der Waals surface area contributed by atoms with Gasteiger partial charge in [0.2, 0.25) is 11.8 Å². The van der Waals surface area contributed by atoms with Crippen molar-refractivity contribution in [2.24, 2.45) is 0 Å². The summed E-state index contributed by atoms with van der Waals surface area (Å²) in [7, 11) is -1.45. The normalized spacial score (nSPS) is 14.3. The summed E-state index contributed by atoms with van der Waals surface area (Å²) in [5, 5.41) is 3.12. The Morgan fingerprint density at radius 2 is 1.62 bits per heavy atom. The molecule has 0 radical (unpaired) electrons. The van der Waals surface area contributed by atoms with Crippen molar-refractivity contribution in [3.63, 3.8) is 0 Å². The van der Waals surface area contributed by atoms with Crippen LogP contribution in [0.5, 0.6) is 11.5 Å². The number of anilines is 1. The number of halogens is 1. The largest absolute Gasteiger partial charge is 0.497 e. The van der Waals surface area contributed by atoms with Gasteiger partial charge in [-0.1, -0.05) is 56.0 Å². The molecule has 1 saturated carbocycles. The smallest absolute Gasteiger partial charge is 0.264 e. The lowest BCUT2D eigenvalue weighted by molar-refractivity contribution is -0.140. The zero-order chi connectivity index (χ0) is 32.6. The Balaban J connectivity index is 1.77. The van der Waals surface area contributed by atoms with Crippen LogP contribution in [0.25, 0.3) is 0 Å². The van der Waals surface area contributed by atoms with E-state index in [9.17, 15) is 22.4 Å². The van der Waals surface area contributed by atoms with Crippen molar-refractivity contribution in [3.8, 4) is 11.5 Å². The second-order valence-electron chi connectivity index (χ2n) is 11.3. The second kappa shape index (κ2) is 15.2. The number of amides is 2. The van der Waals surface area contributed by atoms with Crippen LogP contribution >= 0.6 is 0 Å². The van der Waals surface area contributed by atoms with E-state index in [4.69, 9.17) is 9.47 Å². The van der Waals surface area contributed by atoms with Crippen molar-refractivity contribution >= 4 is 27.5 Å².